The molecule has 0 fully saturated rings. The van der Waals surface area contributed by atoms with Gasteiger partial charge in [-0.15, -0.1) is 0 Å². The summed E-state index contributed by atoms with van der Waals surface area (Å²) in [5.74, 6) is 0. The maximum atomic E-state index is 8.25. The van der Waals surface area contributed by atoms with E-state index in [2.05, 4.69) is 0 Å². The first-order chi connectivity index (χ1) is 4.24. The van der Waals surface area contributed by atoms with E-state index >= 15 is 0 Å². The first kappa shape index (κ1) is 22.6. The first-order valence-corrected chi connectivity index (χ1v) is 1.41. The average Bonchev–Trinajstić information content (AvgIpc) is 1.70. The molecule has 0 rings (SSSR count). The number of carbonyl (C=O) groups is 3. The molecule has 0 aromatic rings. The van der Waals surface area contributed by atoms with Gasteiger partial charge < -0.3 is 29.7 Å². The van der Waals surface area contributed by atoms with E-state index in [1.165, 1.54) is 0 Å². The van der Waals surface area contributed by atoms with Gasteiger partial charge in [0.1, 0.15) is 0 Å². The third-order valence-electron chi connectivity index (χ3n) is 0. The van der Waals surface area contributed by atoms with Crippen LogP contribution in [0, 0.1) is 38.6 Å². The summed E-state index contributed by atoms with van der Waals surface area (Å²) in [5.41, 5.74) is 0. The fourth-order valence-corrected chi connectivity index (χ4v) is 0. The van der Waals surface area contributed by atoms with Gasteiger partial charge in [-0.05, 0) is 0 Å². The third kappa shape index (κ3) is 3730. The largest absolute Gasteiger partial charge is 3.00 e. The van der Waals surface area contributed by atoms with Crippen molar-refractivity contribution >= 4 is 19.4 Å². The molecule has 0 amide bonds. The van der Waals surface area contributed by atoms with Crippen molar-refractivity contribution in [3.63, 3.8) is 0 Å². The zero-order chi connectivity index (χ0) is 8.12. The third-order valence-corrected chi connectivity index (χ3v) is 0. The van der Waals surface area contributed by atoms with Crippen LogP contribution in [0.2, 0.25) is 0 Å². The summed E-state index contributed by atoms with van der Waals surface area (Å²) >= 11 is 0. The minimum atomic E-state index is -0.500. The minimum absolute atomic E-state index is 0. The van der Waals surface area contributed by atoms with Crippen molar-refractivity contribution in [3.8, 4) is 0 Å². The van der Waals surface area contributed by atoms with Gasteiger partial charge in [0.25, 0.3) is 0 Å². The van der Waals surface area contributed by atoms with Crippen LogP contribution in [0.1, 0.15) is 0 Å². The fourth-order valence-electron chi connectivity index (χ4n) is 0. The number of rotatable bonds is 0. The molecule has 0 radical (unpaired) electrons. The second-order valence-corrected chi connectivity index (χ2v) is 0.289. The molecule has 0 bridgehead atoms. The number of hydrogen-bond acceptors (Lipinski definition) is 6. The molecule has 0 aromatic carbocycles. The minimum Gasteiger partial charge on any atom is -0.554 e. The molecule has 0 spiro atoms. The van der Waals surface area contributed by atoms with Gasteiger partial charge in [0.15, 0.2) is 0 Å². The van der Waals surface area contributed by atoms with Crippen LogP contribution in [0.15, 0.2) is 0 Å². The summed E-state index contributed by atoms with van der Waals surface area (Å²) in [6, 6.07) is 0. The Balaban J connectivity index is -0.0000000257. The van der Waals surface area contributed by atoms with Crippen molar-refractivity contribution in [2.75, 3.05) is 0 Å². The first-order valence-electron chi connectivity index (χ1n) is 1.41. The molecule has 0 N–H and O–H groups in total. The van der Waals surface area contributed by atoms with E-state index in [1.54, 1.807) is 0 Å². The number of carbonyl (C=O) groups excluding carboxylic acids is 3. The molecule has 0 heterocycles. The Labute approximate surface area is 87.3 Å². The zero-order valence-electron chi connectivity index (χ0n) is 4.51. The van der Waals surface area contributed by atoms with Crippen LogP contribution in [-0.4, -0.2) is 19.4 Å². The van der Waals surface area contributed by atoms with E-state index in [4.69, 9.17) is 29.7 Å². The summed E-state index contributed by atoms with van der Waals surface area (Å²) in [7, 11) is 0. The van der Waals surface area contributed by atoms with Gasteiger partial charge >= 0.3 is 38.6 Å². The predicted octanol–water partition coefficient (Wildman–Crippen LogP) is -4.90. The average molecular weight is 294 g/mol. The van der Waals surface area contributed by atoms with Crippen molar-refractivity contribution in [1.82, 2.24) is 0 Å². The van der Waals surface area contributed by atoms with Gasteiger partial charge in [0.05, 0.1) is 0 Å². The van der Waals surface area contributed by atoms with Crippen molar-refractivity contribution in [2.24, 2.45) is 0 Å². The van der Waals surface area contributed by atoms with Crippen molar-refractivity contribution < 1.29 is 68.3 Å². The summed E-state index contributed by atoms with van der Waals surface area (Å²) in [6.45, 7) is -1.50. The molecule has 6 nitrogen and oxygen atoms in total. The molecule has 0 aliphatic rings. The van der Waals surface area contributed by atoms with E-state index < -0.39 is 19.4 Å². The molecule has 7 heteroatoms. The van der Waals surface area contributed by atoms with E-state index in [0.29, 0.717) is 0 Å². The van der Waals surface area contributed by atoms with Crippen LogP contribution in [0.25, 0.3) is 0 Å². The molecular weight excluding hydrogens is 291 g/mol. The van der Waals surface area contributed by atoms with Gasteiger partial charge in [-0.2, -0.15) is 0 Å². The second kappa shape index (κ2) is 70.9. The SMILES string of the molecule is O=C[O-].O=C[O-].O=C[O-].[Tb+3]. The summed E-state index contributed by atoms with van der Waals surface area (Å²) < 4.78 is 0. The molecule has 0 atom stereocenters. The van der Waals surface area contributed by atoms with Gasteiger partial charge in [-0.3, -0.25) is 0 Å². The van der Waals surface area contributed by atoms with Crippen molar-refractivity contribution in [2.45, 2.75) is 0 Å². The van der Waals surface area contributed by atoms with Crippen LogP contribution >= 0.6 is 0 Å². The Kier molecular flexibility index (Phi) is 160. The van der Waals surface area contributed by atoms with Crippen LogP contribution in [0.3, 0.4) is 0 Å². The van der Waals surface area contributed by atoms with Gasteiger partial charge in [-0.1, -0.05) is 0 Å². The molecule has 0 aromatic heterocycles. The van der Waals surface area contributed by atoms with Crippen LogP contribution in [-0.2, 0) is 14.4 Å². The Hall–Kier alpha value is -0.304. The number of carboxylic acid groups (broad SMARTS) is 3. The van der Waals surface area contributed by atoms with E-state index in [-0.39, 0.29) is 38.6 Å². The standard InChI is InChI=1S/3CH2O2.Tb/c3*2-1-3;/h3*1H,(H,2,3);/q;;;+3/p-3. The van der Waals surface area contributed by atoms with Gasteiger partial charge in [0.2, 0.25) is 0 Å². The normalized spacial score (nSPS) is 3.60. The summed E-state index contributed by atoms with van der Waals surface area (Å²) in [4.78, 5) is 24.8. The Bertz CT molecular complexity index is 49.7. The monoisotopic (exact) mass is 294 g/mol. The van der Waals surface area contributed by atoms with Crippen molar-refractivity contribution in [1.29, 1.82) is 0 Å². The molecule has 0 unspecified atom stereocenters. The topological polar surface area (TPSA) is 120 Å². The molecule has 10 heavy (non-hydrogen) atoms. The fraction of sp³-hybridized carbons (Fsp3) is 0. The molecule has 0 saturated heterocycles. The molecule has 0 aliphatic carbocycles. The second-order valence-electron chi connectivity index (χ2n) is 0.289. The van der Waals surface area contributed by atoms with Gasteiger partial charge in [-0.25, -0.2) is 0 Å². The zero-order valence-corrected chi connectivity index (χ0v) is 6.65. The maximum absolute atomic E-state index is 8.25. The molecule has 0 aliphatic heterocycles. The Morgan fingerprint density at radius 2 is 0.700 bits per heavy atom. The van der Waals surface area contributed by atoms with E-state index in [0.717, 1.165) is 0 Å². The molecule has 60 valence electrons. The predicted molar refractivity (Wildman–Crippen MR) is 18.2 cm³/mol. The summed E-state index contributed by atoms with van der Waals surface area (Å²) in [6.07, 6.45) is 0. The van der Waals surface area contributed by atoms with Gasteiger partial charge in [0, 0.05) is 19.4 Å². The molecule has 0 saturated carbocycles. The van der Waals surface area contributed by atoms with E-state index in [9.17, 15) is 0 Å². The maximum Gasteiger partial charge on any atom is 3.00 e. The number of hydrogen-bond donors (Lipinski definition) is 0. The van der Waals surface area contributed by atoms with E-state index in [1.807, 2.05) is 0 Å². The van der Waals surface area contributed by atoms with Crippen LogP contribution in [0.4, 0.5) is 0 Å². The Morgan fingerprint density at radius 3 is 0.700 bits per heavy atom. The summed E-state index contributed by atoms with van der Waals surface area (Å²) in [5, 5.41) is 24.8. The van der Waals surface area contributed by atoms with Crippen molar-refractivity contribution in [3.05, 3.63) is 0 Å². The smallest absolute Gasteiger partial charge is 0.554 e. The Morgan fingerprint density at radius 1 is 0.700 bits per heavy atom. The molecular formula is C3H3O6Tb. The quantitative estimate of drug-likeness (QED) is 0.413. The van der Waals surface area contributed by atoms with Crippen LogP contribution in [0.5, 0.6) is 0 Å². The van der Waals surface area contributed by atoms with Crippen LogP contribution < -0.4 is 15.3 Å².